The van der Waals surface area contributed by atoms with Gasteiger partial charge in [-0.3, -0.25) is 0 Å². The average Bonchev–Trinajstić information content (AvgIpc) is 2.46. The maximum absolute atomic E-state index is 9.49. The summed E-state index contributed by atoms with van der Waals surface area (Å²) in [5.41, 5.74) is 2.35. The molecule has 0 fully saturated rings. The highest BCUT2D eigenvalue weighted by atomic mass is 14.3. The summed E-state index contributed by atoms with van der Waals surface area (Å²) in [6.45, 7) is 2.14. The molecule has 1 heteroatoms. The molecule has 2 atom stereocenters. The van der Waals surface area contributed by atoms with Crippen LogP contribution in [0.2, 0.25) is 0 Å². The molecule has 0 unspecified atom stereocenters. The molecule has 0 radical (unpaired) electrons. The van der Waals surface area contributed by atoms with E-state index in [1.807, 2.05) is 48.5 Å². The summed E-state index contributed by atoms with van der Waals surface area (Å²) in [7, 11) is 0. The number of nitriles is 1. The molecule has 18 heavy (non-hydrogen) atoms. The maximum atomic E-state index is 9.49. The van der Waals surface area contributed by atoms with E-state index in [1.165, 1.54) is 5.56 Å². The molecule has 90 valence electrons. The van der Waals surface area contributed by atoms with Gasteiger partial charge in [-0.05, 0) is 17.5 Å². The lowest BCUT2D eigenvalue weighted by Crippen LogP contribution is -2.09. The molecule has 1 nitrogen and oxygen atoms in total. The van der Waals surface area contributed by atoms with Crippen molar-refractivity contribution in [1.82, 2.24) is 0 Å². The number of benzene rings is 2. The molecule has 2 aromatic rings. The maximum Gasteiger partial charge on any atom is 0.0781 e. The van der Waals surface area contributed by atoms with E-state index in [0.29, 0.717) is 0 Å². The lowest BCUT2D eigenvalue weighted by Gasteiger charge is -2.21. The number of rotatable bonds is 4. The molecular formula is C17H17N. The van der Waals surface area contributed by atoms with Crippen LogP contribution >= 0.6 is 0 Å². The highest BCUT2D eigenvalue weighted by Gasteiger charge is 2.22. The predicted molar refractivity (Wildman–Crippen MR) is 74.3 cm³/mol. The first-order valence-corrected chi connectivity index (χ1v) is 6.36. The van der Waals surface area contributed by atoms with Crippen LogP contribution in [0.5, 0.6) is 0 Å². The second-order valence-electron chi connectivity index (χ2n) is 4.44. The Hall–Kier alpha value is -2.07. The van der Waals surface area contributed by atoms with Crippen LogP contribution in [0.15, 0.2) is 60.7 Å². The van der Waals surface area contributed by atoms with Gasteiger partial charge in [-0.25, -0.2) is 0 Å². The number of hydrogen-bond acceptors (Lipinski definition) is 1. The first kappa shape index (κ1) is 12.4. The number of nitrogens with zero attached hydrogens (tertiary/aromatic N) is 1. The molecule has 0 amide bonds. The monoisotopic (exact) mass is 235 g/mol. The summed E-state index contributed by atoms with van der Waals surface area (Å²) >= 11 is 0. The van der Waals surface area contributed by atoms with Crippen LogP contribution in [0.3, 0.4) is 0 Å². The minimum absolute atomic E-state index is 0.0707. The van der Waals surface area contributed by atoms with Crippen LogP contribution in [-0.4, -0.2) is 0 Å². The lowest BCUT2D eigenvalue weighted by molar-refractivity contribution is 0.607. The largest absolute Gasteiger partial charge is 0.198 e. The Balaban J connectivity index is 2.35. The third-order valence-corrected chi connectivity index (χ3v) is 3.37. The molecule has 0 saturated carbocycles. The van der Waals surface area contributed by atoms with Gasteiger partial charge in [-0.2, -0.15) is 5.26 Å². The molecule has 0 N–H and O–H groups in total. The highest BCUT2D eigenvalue weighted by Crippen LogP contribution is 2.34. The summed E-state index contributed by atoms with van der Waals surface area (Å²) in [5, 5.41) is 9.49. The Morgan fingerprint density at radius 3 is 1.83 bits per heavy atom. The van der Waals surface area contributed by atoms with E-state index >= 15 is 0 Å². The molecule has 0 aliphatic heterocycles. The van der Waals surface area contributed by atoms with Crippen molar-refractivity contribution < 1.29 is 0 Å². The standard InChI is InChI=1S/C17H17N/c1-2-16(14-9-5-3-6-10-14)17(13-18)15-11-7-4-8-12-15/h3-12,16-17H,2H2,1H3/t16-,17-/m1/s1. The number of hydrogen-bond donors (Lipinski definition) is 0. The van der Waals surface area contributed by atoms with Gasteiger partial charge in [0.15, 0.2) is 0 Å². The van der Waals surface area contributed by atoms with Gasteiger partial charge in [0, 0.05) is 5.92 Å². The third kappa shape index (κ3) is 2.60. The smallest absolute Gasteiger partial charge is 0.0781 e. The lowest BCUT2D eigenvalue weighted by atomic mass is 9.81. The van der Waals surface area contributed by atoms with Crippen LogP contribution in [0.4, 0.5) is 0 Å². The van der Waals surface area contributed by atoms with E-state index in [2.05, 4.69) is 25.1 Å². The van der Waals surface area contributed by atoms with Gasteiger partial charge in [0.05, 0.1) is 12.0 Å². The van der Waals surface area contributed by atoms with Crippen molar-refractivity contribution in [1.29, 1.82) is 5.26 Å². The van der Waals surface area contributed by atoms with E-state index in [4.69, 9.17) is 0 Å². The molecule has 0 aromatic heterocycles. The Bertz CT molecular complexity index is 510. The van der Waals surface area contributed by atoms with Crippen LogP contribution in [0, 0.1) is 11.3 Å². The molecular weight excluding hydrogens is 218 g/mol. The molecule has 2 aromatic carbocycles. The van der Waals surface area contributed by atoms with E-state index in [0.717, 1.165) is 12.0 Å². The summed E-state index contributed by atoms with van der Waals surface area (Å²) in [5.74, 6) is 0.192. The summed E-state index contributed by atoms with van der Waals surface area (Å²) in [6, 6.07) is 22.8. The molecule has 0 spiro atoms. The van der Waals surface area contributed by atoms with Crippen LogP contribution in [-0.2, 0) is 0 Å². The zero-order valence-corrected chi connectivity index (χ0v) is 10.6. The normalized spacial score (nSPS) is 13.6. The van der Waals surface area contributed by atoms with Crippen molar-refractivity contribution in [2.24, 2.45) is 0 Å². The van der Waals surface area contributed by atoms with Gasteiger partial charge in [0.25, 0.3) is 0 Å². The van der Waals surface area contributed by atoms with Gasteiger partial charge in [0.2, 0.25) is 0 Å². The predicted octanol–water partition coefficient (Wildman–Crippen LogP) is 4.49. The van der Waals surface area contributed by atoms with Crippen LogP contribution in [0.25, 0.3) is 0 Å². The Labute approximate surface area is 109 Å². The van der Waals surface area contributed by atoms with E-state index in [-0.39, 0.29) is 11.8 Å². The quantitative estimate of drug-likeness (QED) is 0.766. The van der Waals surface area contributed by atoms with Crippen molar-refractivity contribution in [3.05, 3.63) is 71.8 Å². The van der Waals surface area contributed by atoms with Crippen molar-refractivity contribution in [3.8, 4) is 6.07 Å². The van der Waals surface area contributed by atoms with E-state index in [9.17, 15) is 5.26 Å². The van der Waals surface area contributed by atoms with Gasteiger partial charge in [-0.15, -0.1) is 0 Å². The summed E-state index contributed by atoms with van der Waals surface area (Å²) < 4.78 is 0. The topological polar surface area (TPSA) is 23.8 Å². The van der Waals surface area contributed by atoms with Gasteiger partial charge in [0.1, 0.15) is 0 Å². The summed E-state index contributed by atoms with van der Waals surface area (Å²) in [6.07, 6.45) is 0.969. The third-order valence-electron chi connectivity index (χ3n) is 3.37. The first-order valence-electron chi connectivity index (χ1n) is 6.36. The molecule has 0 aliphatic carbocycles. The van der Waals surface area contributed by atoms with Crippen molar-refractivity contribution in [2.75, 3.05) is 0 Å². The second kappa shape index (κ2) is 6.02. The minimum Gasteiger partial charge on any atom is -0.198 e. The Morgan fingerprint density at radius 1 is 0.889 bits per heavy atom. The zero-order valence-electron chi connectivity index (χ0n) is 10.6. The SMILES string of the molecule is CC[C@H](c1ccccc1)[C@H](C#N)c1ccccc1. The highest BCUT2D eigenvalue weighted by molar-refractivity contribution is 5.32. The van der Waals surface area contributed by atoms with Gasteiger partial charge >= 0.3 is 0 Å². The Kier molecular flexibility index (Phi) is 4.15. The van der Waals surface area contributed by atoms with Crippen molar-refractivity contribution >= 4 is 0 Å². The van der Waals surface area contributed by atoms with E-state index < -0.39 is 0 Å². The van der Waals surface area contributed by atoms with Crippen LogP contribution < -0.4 is 0 Å². The zero-order chi connectivity index (χ0) is 12.8. The second-order valence-corrected chi connectivity index (χ2v) is 4.44. The fourth-order valence-electron chi connectivity index (χ4n) is 2.42. The van der Waals surface area contributed by atoms with Crippen molar-refractivity contribution in [2.45, 2.75) is 25.2 Å². The molecule has 0 bridgehead atoms. The van der Waals surface area contributed by atoms with Gasteiger partial charge in [-0.1, -0.05) is 67.6 Å². The minimum atomic E-state index is -0.0707. The average molecular weight is 235 g/mol. The molecule has 0 saturated heterocycles. The molecule has 0 aliphatic rings. The molecule has 2 rings (SSSR count). The summed E-state index contributed by atoms with van der Waals surface area (Å²) in [4.78, 5) is 0. The van der Waals surface area contributed by atoms with Crippen molar-refractivity contribution in [3.63, 3.8) is 0 Å². The first-order chi connectivity index (χ1) is 8.86. The fraction of sp³-hybridized carbons (Fsp3) is 0.235. The van der Waals surface area contributed by atoms with Gasteiger partial charge < -0.3 is 0 Å². The van der Waals surface area contributed by atoms with E-state index in [1.54, 1.807) is 0 Å². The Morgan fingerprint density at radius 2 is 1.39 bits per heavy atom. The fourth-order valence-corrected chi connectivity index (χ4v) is 2.42. The molecule has 0 heterocycles. The van der Waals surface area contributed by atoms with Crippen LogP contribution in [0.1, 0.15) is 36.3 Å².